The van der Waals surface area contributed by atoms with Crippen molar-refractivity contribution in [3.05, 3.63) is 88.0 Å². The summed E-state index contributed by atoms with van der Waals surface area (Å²) in [6.07, 6.45) is -4.43. The summed E-state index contributed by atoms with van der Waals surface area (Å²) in [5, 5.41) is 0. The Morgan fingerprint density at radius 2 is 1.53 bits per heavy atom. The molecule has 1 fully saturated rings. The number of alkyl halides is 3. The quantitative estimate of drug-likeness (QED) is 0.366. The number of nitrogens with zero attached hydrogens (tertiary/aromatic N) is 3. The van der Waals surface area contributed by atoms with Crippen molar-refractivity contribution in [3.8, 4) is 0 Å². The Labute approximate surface area is 221 Å². The van der Waals surface area contributed by atoms with Gasteiger partial charge in [0.05, 0.1) is 16.1 Å². The highest BCUT2D eigenvalue weighted by Gasteiger charge is 2.32. The third kappa shape index (κ3) is 5.94. The Kier molecular flexibility index (Phi) is 7.79. The molecule has 1 heterocycles. The highest BCUT2D eigenvalue weighted by molar-refractivity contribution is 14.1. The Morgan fingerprint density at radius 3 is 2.14 bits per heavy atom. The van der Waals surface area contributed by atoms with Crippen molar-refractivity contribution in [2.24, 2.45) is 0 Å². The van der Waals surface area contributed by atoms with Crippen LogP contribution in [0.15, 0.2) is 83.8 Å². The van der Waals surface area contributed by atoms with Gasteiger partial charge in [-0.3, -0.25) is 9.10 Å². The molecule has 3 aromatic carbocycles. The van der Waals surface area contributed by atoms with E-state index in [0.717, 1.165) is 20.0 Å². The summed E-state index contributed by atoms with van der Waals surface area (Å²) < 4.78 is 68.1. The minimum Gasteiger partial charge on any atom is -0.368 e. The van der Waals surface area contributed by atoms with Crippen LogP contribution in [0.1, 0.15) is 5.56 Å². The number of piperazine rings is 1. The van der Waals surface area contributed by atoms with Crippen molar-refractivity contribution in [3.63, 3.8) is 0 Å². The predicted molar refractivity (Wildman–Crippen MR) is 140 cm³/mol. The summed E-state index contributed by atoms with van der Waals surface area (Å²) in [6.45, 7) is 0.813. The van der Waals surface area contributed by atoms with Crippen LogP contribution in [0.5, 0.6) is 0 Å². The molecule has 36 heavy (non-hydrogen) atoms. The molecule has 190 valence electrons. The molecule has 1 saturated heterocycles. The van der Waals surface area contributed by atoms with Crippen LogP contribution >= 0.6 is 22.6 Å². The smallest absolute Gasteiger partial charge is 0.368 e. The maximum Gasteiger partial charge on any atom is 0.416 e. The zero-order valence-corrected chi connectivity index (χ0v) is 22.0. The van der Waals surface area contributed by atoms with Crippen molar-refractivity contribution in [2.75, 3.05) is 41.9 Å². The summed E-state index contributed by atoms with van der Waals surface area (Å²) in [4.78, 5) is 16.6. The zero-order chi connectivity index (χ0) is 25.9. The van der Waals surface area contributed by atoms with Crippen LogP contribution in [0.25, 0.3) is 0 Å². The molecule has 3 aromatic rings. The van der Waals surface area contributed by atoms with E-state index >= 15 is 0 Å². The van der Waals surface area contributed by atoms with Crippen LogP contribution in [0.4, 0.5) is 24.5 Å². The first kappa shape index (κ1) is 26.3. The third-order valence-corrected chi connectivity index (χ3v) is 8.40. The molecule has 0 aliphatic carbocycles. The van der Waals surface area contributed by atoms with E-state index in [1.54, 1.807) is 58.3 Å². The minimum atomic E-state index is -4.43. The second kappa shape index (κ2) is 10.7. The highest BCUT2D eigenvalue weighted by Crippen LogP contribution is 2.32. The largest absolute Gasteiger partial charge is 0.416 e. The van der Waals surface area contributed by atoms with Gasteiger partial charge in [-0.05, 0) is 77.2 Å². The summed E-state index contributed by atoms with van der Waals surface area (Å²) in [7, 11) is -4.01. The fraction of sp³-hybridized carbons (Fsp3) is 0.240. The number of hydrogen-bond acceptors (Lipinski definition) is 4. The summed E-state index contributed by atoms with van der Waals surface area (Å²) >= 11 is 2.12. The van der Waals surface area contributed by atoms with Gasteiger partial charge in [-0.25, -0.2) is 8.42 Å². The van der Waals surface area contributed by atoms with Gasteiger partial charge in [0.2, 0.25) is 5.91 Å². The predicted octanol–water partition coefficient (Wildman–Crippen LogP) is 4.85. The van der Waals surface area contributed by atoms with Gasteiger partial charge in [0.25, 0.3) is 10.0 Å². The fourth-order valence-electron chi connectivity index (χ4n) is 3.96. The third-order valence-electron chi connectivity index (χ3n) is 5.90. The highest BCUT2D eigenvalue weighted by atomic mass is 127. The van der Waals surface area contributed by atoms with Crippen molar-refractivity contribution in [1.29, 1.82) is 0 Å². The Hall–Kier alpha value is -2.80. The van der Waals surface area contributed by atoms with Crippen molar-refractivity contribution in [1.82, 2.24) is 4.90 Å². The van der Waals surface area contributed by atoms with Crippen LogP contribution in [-0.4, -0.2) is 51.9 Å². The van der Waals surface area contributed by atoms with Crippen molar-refractivity contribution >= 4 is 49.9 Å². The van der Waals surface area contributed by atoms with Gasteiger partial charge >= 0.3 is 6.18 Å². The lowest BCUT2D eigenvalue weighted by Gasteiger charge is -2.37. The summed E-state index contributed by atoms with van der Waals surface area (Å²) in [6, 6.07) is 19.8. The van der Waals surface area contributed by atoms with E-state index in [1.807, 2.05) is 0 Å². The normalized spacial score (nSPS) is 14.6. The molecular formula is C25H23F3IN3O3S. The molecule has 0 aromatic heterocycles. The first-order valence-electron chi connectivity index (χ1n) is 11.1. The van der Waals surface area contributed by atoms with Crippen LogP contribution in [0.3, 0.4) is 0 Å². The number of halogens is 4. The van der Waals surface area contributed by atoms with E-state index in [9.17, 15) is 26.4 Å². The first-order chi connectivity index (χ1) is 17.1. The SMILES string of the molecule is O=C(CN(c1ccc(I)cc1)S(=O)(=O)c1ccccc1)N1CCN(c2cccc(C(F)(F)F)c2)CC1. The molecule has 6 nitrogen and oxygen atoms in total. The van der Waals surface area contributed by atoms with Gasteiger partial charge in [0.15, 0.2) is 0 Å². The summed E-state index contributed by atoms with van der Waals surface area (Å²) in [5.74, 6) is -0.378. The Balaban J connectivity index is 1.50. The van der Waals surface area contributed by atoms with Crippen molar-refractivity contribution < 1.29 is 26.4 Å². The minimum absolute atomic E-state index is 0.0747. The molecule has 0 atom stereocenters. The lowest BCUT2D eigenvalue weighted by Crippen LogP contribution is -2.52. The lowest BCUT2D eigenvalue weighted by atomic mass is 10.1. The van der Waals surface area contributed by atoms with Gasteiger partial charge in [0.1, 0.15) is 6.54 Å². The van der Waals surface area contributed by atoms with E-state index in [0.29, 0.717) is 24.5 Å². The standard InChI is InChI=1S/C25H23F3IN3O3S/c26-25(27,28)19-5-4-6-22(17-19)30-13-15-31(16-14-30)24(33)18-32(21-11-9-20(29)10-12-21)36(34,35)23-7-2-1-3-8-23/h1-12,17H,13-16,18H2. The molecule has 1 aliphatic rings. The molecular weight excluding hydrogens is 606 g/mol. The summed E-state index contributed by atoms with van der Waals surface area (Å²) in [5.41, 5.74) is 0.0807. The topological polar surface area (TPSA) is 60.9 Å². The van der Waals surface area contributed by atoms with Gasteiger partial charge in [-0.2, -0.15) is 13.2 Å². The second-order valence-corrected chi connectivity index (χ2v) is 11.3. The van der Waals surface area contributed by atoms with E-state index < -0.39 is 21.8 Å². The van der Waals surface area contributed by atoms with Crippen LogP contribution in [-0.2, 0) is 21.0 Å². The zero-order valence-electron chi connectivity index (χ0n) is 19.0. The second-order valence-electron chi connectivity index (χ2n) is 8.22. The number of benzene rings is 3. The maximum absolute atomic E-state index is 13.4. The number of hydrogen-bond donors (Lipinski definition) is 0. The van der Waals surface area contributed by atoms with Crippen molar-refractivity contribution in [2.45, 2.75) is 11.1 Å². The van der Waals surface area contributed by atoms with E-state index in [4.69, 9.17) is 0 Å². The first-order valence-corrected chi connectivity index (χ1v) is 13.6. The number of carbonyl (C=O) groups excluding carboxylic acids is 1. The monoisotopic (exact) mass is 629 g/mol. The van der Waals surface area contributed by atoms with E-state index in [1.165, 1.54) is 18.2 Å². The molecule has 0 saturated carbocycles. The number of amides is 1. The average molecular weight is 629 g/mol. The average Bonchev–Trinajstić information content (AvgIpc) is 2.88. The Bertz CT molecular complexity index is 1310. The molecule has 1 aliphatic heterocycles. The molecule has 0 bridgehead atoms. The molecule has 0 radical (unpaired) electrons. The van der Waals surface area contributed by atoms with Crippen LogP contribution < -0.4 is 9.21 Å². The Morgan fingerprint density at radius 1 is 0.889 bits per heavy atom. The van der Waals surface area contributed by atoms with Gasteiger partial charge in [-0.15, -0.1) is 0 Å². The van der Waals surface area contributed by atoms with Gasteiger partial charge in [0, 0.05) is 35.4 Å². The molecule has 0 N–H and O–H groups in total. The number of sulfonamides is 1. The van der Waals surface area contributed by atoms with E-state index in [2.05, 4.69) is 22.6 Å². The molecule has 4 rings (SSSR count). The lowest BCUT2D eigenvalue weighted by molar-refractivity contribution is -0.137. The number of anilines is 2. The molecule has 11 heteroatoms. The molecule has 0 spiro atoms. The van der Waals surface area contributed by atoms with Crippen LogP contribution in [0, 0.1) is 3.57 Å². The van der Waals surface area contributed by atoms with Gasteiger partial charge in [-0.1, -0.05) is 24.3 Å². The fourth-order valence-corrected chi connectivity index (χ4v) is 5.75. The number of rotatable bonds is 6. The molecule has 1 amide bonds. The maximum atomic E-state index is 13.4. The van der Waals surface area contributed by atoms with Gasteiger partial charge < -0.3 is 9.80 Å². The number of carbonyl (C=O) groups is 1. The van der Waals surface area contributed by atoms with E-state index in [-0.39, 0.29) is 30.4 Å². The molecule has 0 unspecified atom stereocenters. The van der Waals surface area contributed by atoms with Crippen LogP contribution in [0.2, 0.25) is 0 Å².